The molecule has 76 valence electrons. The van der Waals surface area contributed by atoms with Crippen LogP contribution in [-0.2, 0) is 0 Å². The number of pyridine rings is 1. The molecule has 2 nitrogen and oxygen atoms in total. The normalized spacial score (nSPS) is 20.9. The van der Waals surface area contributed by atoms with E-state index in [2.05, 4.69) is 34.6 Å². The SMILES string of the molecule is c1cc(C2CCCN2)c2ccncc2c1. The van der Waals surface area contributed by atoms with Crippen molar-refractivity contribution in [3.05, 3.63) is 42.2 Å². The molecule has 0 aliphatic carbocycles. The molecule has 1 unspecified atom stereocenters. The van der Waals surface area contributed by atoms with E-state index < -0.39 is 0 Å². The average molecular weight is 198 g/mol. The molecule has 1 atom stereocenters. The van der Waals surface area contributed by atoms with Gasteiger partial charge in [0.25, 0.3) is 0 Å². The summed E-state index contributed by atoms with van der Waals surface area (Å²) in [5, 5.41) is 6.12. The molecular formula is C13H14N2. The van der Waals surface area contributed by atoms with Crippen LogP contribution in [0, 0.1) is 0 Å². The van der Waals surface area contributed by atoms with Crippen molar-refractivity contribution in [2.24, 2.45) is 0 Å². The van der Waals surface area contributed by atoms with E-state index in [1.165, 1.54) is 29.2 Å². The van der Waals surface area contributed by atoms with Gasteiger partial charge in [-0.15, -0.1) is 0 Å². The number of hydrogen-bond donors (Lipinski definition) is 1. The van der Waals surface area contributed by atoms with E-state index in [1.807, 2.05) is 12.4 Å². The van der Waals surface area contributed by atoms with E-state index in [0.717, 1.165) is 6.54 Å². The van der Waals surface area contributed by atoms with Gasteiger partial charge < -0.3 is 5.32 Å². The zero-order valence-electron chi connectivity index (χ0n) is 8.61. The van der Waals surface area contributed by atoms with Gasteiger partial charge in [-0.3, -0.25) is 4.98 Å². The van der Waals surface area contributed by atoms with Crippen LogP contribution in [-0.4, -0.2) is 11.5 Å². The molecule has 0 amide bonds. The van der Waals surface area contributed by atoms with Gasteiger partial charge >= 0.3 is 0 Å². The van der Waals surface area contributed by atoms with Crippen molar-refractivity contribution >= 4 is 10.8 Å². The van der Waals surface area contributed by atoms with Gasteiger partial charge in [-0.05, 0) is 36.4 Å². The molecule has 2 heterocycles. The van der Waals surface area contributed by atoms with Crippen LogP contribution in [0.25, 0.3) is 10.8 Å². The zero-order valence-corrected chi connectivity index (χ0v) is 8.61. The summed E-state index contributed by atoms with van der Waals surface area (Å²) in [6.07, 6.45) is 6.35. The van der Waals surface area contributed by atoms with Crippen LogP contribution < -0.4 is 5.32 Å². The number of fused-ring (bicyclic) bond motifs is 1. The summed E-state index contributed by atoms with van der Waals surface area (Å²) in [7, 11) is 0. The highest BCUT2D eigenvalue weighted by molar-refractivity contribution is 5.85. The molecule has 1 aliphatic rings. The van der Waals surface area contributed by atoms with Gasteiger partial charge in [-0.1, -0.05) is 18.2 Å². The number of nitrogens with one attached hydrogen (secondary N) is 1. The van der Waals surface area contributed by atoms with Crippen molar-refractivity contribution in [2.45, 2.75) is 18.9 Å². The van der Waals surface area contributed by atoms with Crippen molar-refractivity contribution in [3.8, 4) is 0 Å². The van der Waals surface area contributed by atoms with Crippen molar-refractivity contribution in [1.29, 1.82) is 0 Å². The number of benzene rings is 1. The largest absolute Gasteiger partial charge is 0.310 e. The molecule has 0 bridgehead atoms. The Morgan fingerprint density at radius 2 is 2.27 bits per heavy atom. The predicted octanol–water partition coefficient (Wildman–Crippen LogP) is 2.66. The van der Waals surface area contributed by atoms with Gasteiger partial charge in [-0.2, -0.15) is 0 Å². The Bertz CT molecular complexity index is 467. The first kappa shape index (κ1) is 8.86. The van der Waals surface area contributed by atoms with Crippen molar-refractivity contribution in [3.63, 3.8) is 0 Å². The van der Waals surface area contributed by atoms with E-state index in [0.29, 0.717) is 6.04 Å². The standard InChI is InChI=1S/C13H14N2/c1-3-10-9-14-8-6-11(10)12(4-1)13-5-2-7-15-13/h1,3-4,6,8-9,13,15H,2,5,7H2. The van der Waals surface area contributed by atoms with Crippen LogP contribution >= 0.6 is 0 Å². The Labute approximate surface area is 89.3 Å². The monoisotopic (exact) mass is 198 g/mol. The minimum Gasteiger partial charge on any atom is -0.310 e. The summed E-state index contributed by atoms with van der Waals surface area (Å²) >= 11 is 0. The third kappa shape index (κ3) is 1.51. The molecule has 1 N–H and O–H groups in total. The lowest BCUT2D eigenvalue weighted by atomic mass is 9.99. The first-order valence-corrected chi connectivity index (χ1v) is 5.51. The fourth-order valence-electron chi connectivity index (χ4n) is 2.40. The number of nitrogens with zero attached hydrogens (tertiary/aromatic N) is 1. The van der Waals surface area contributed by atoms with Gasteiger partial charge in [0.15, 0.2) is 0 Å². The van der Waals surface area contributed by atoms with Crippen LogP contribution in [0.5, 0.6) is 0 Å². The molecule has 1 aliphatic heterocycles. The summed E-state index contributed by atoms with van der Waals surface area (Å²) in [4.78, 5) is 4.16. The van der Waals surface area contributed by atoms with Crippen LogP contribution in [0.4, 0.5) is 0 Å². The maximum atomic E-state index is 4.16. The van der Waals surface area contributed by atoms with E-state index in [1.54, 1.807) is 0 Å². The van der Waals surface area contributed by atoms with E-state index >= 15 is 0 Å². The lowest BCUT2D eigenvalue weighted by Gasteiger charge is -2.13. The fourth-order valence-corrected chi connectivity index (χ4v) is 2.40. The lowest BCUT2D eigenvalue weighted by Crippen LogP contribution is -2.13. The minimum atomic E-state index is 0.538. The molecule has 1 fully saturated rings. The van der Waals surface area contributed by atoms with Gasteiger partial charge in [0, 0.05) is 23.8 Å². The molecule has 1 saturated heterocycles. The maximum Gasteiger partial charge on any atom is 0.0346 e. The summed E-state index contributed by atoms with van der Waals surface area (Å²) in [6.45, 7) is 1.14. The summed E-state index contributed by atoms with van der Waals surface area (Å²) in [5.74, 6) is 0. The fraction of sp³-hybridized carbons (Fsp3) is 0.308. The molecule has 3 rings (SSSR count). The third-order valence-electron chi connectivity index (χ3n) is 3.15. The van der Waals surface area contributed by atoms with Crippen molar-refractivity contribution in [2.75, 3.05) is 6.54 Å². The van der Waals surface area contributed by atoms with Gasteiger partial charge in [0.1, 0.15) is 0 Å². The predicted molar refractivity (Wildman–Crippen MR) is 61.7 cm³/mol. The van der Waals surface area contributed by atoms with E-state index in [-0.39, 0.29) is 0 Å². The number of rotatable bonds is 1. The first-order chi connectivity index (χ1) is 7.45. The molecule has 2 aromatic rings. The Morgan fingerprint density at radius 1 is 1.27 bits per heavy atom. The zero-order chi connectivity index (χ0) is 10.1. The Hall–Kier alpha value is -1.41. The molecule has 0 spiro atoms. The summed E-state index contributed by atoms with van der Waals surface area (Å²) < 4.78 is 0. The molecule has 0 radical (unpaired) electrons. The van der Waals surface area contributed by atoms with Gasteiger partial charge in [-0.25, -0.2) is 0 Å². The third-order valence-corrected chi connectivity index (χ3v) is 3.15. The van der Waals surface area contributed by atoms with Crippen molar-refractivity contribution < 1.29 is 0 Å². The topological polar surface area (TPSA) is 24.9 Å². The molecule has 0 saturated carbocycles. The minimum absolute atomic E-state index is 0.538. The van der Waals surface area contributed by atoms with Gasteiger partial charge in [0.05, 0.1) is 0 Å². The molecular weight excluding hydrogens is 184 g/mol. The van der Waals surface area contributed by atoms with Crippen LogP contribution in [0.1, 0.15) is 24.4 Å². The quantitative estimate of drug-likeness (QED) is 0.762. The second kappa shape index (κ2) is 3.63. The smallest absolute Gasteiger partial charge is 0.0346 e. The Morgan fingerprint density at radius 3 is 3.13 bits per heavy atom. The molecule has 1 aromatic heterocycles. The van der Waals surface area contributed by atoms with E-state index in [9.17, 15) is 0 Å². The van der Waals surface area contributed by atoms with E-state index in [4.69, 9.17) is 0 Å². The van der Waals surface area contributed by atoms with Gasteiger partial charge in [0.2, 0.25) is 0 Å². The highest BCUT2D eigenvalue weighted by Crippen LogP contribution is 2.28. The summed E-state index contributed by atoms with van der Waals surface area (Å²) in [5.41, 5.74) is 1.42. The molecule has 2 heteroatoms. The first-order valence-electron chi connectivity index (χ1n) is 5.51. The highest BCUT2D eigenvalue weighted by Gasteiger charge is 2.17. The lowest BCUT2D eigenvalue weighted by molar-refractivity contribution is 0.653. The van der Waals surface area contributed by atoms with Crippen LogP contribution in [0.15, 0.2) is 36.7 Å². The van der Waals surface area contributed by atoms with Crippen LogP contribution in [0.2, 0.25) is 0 Å². The van der Waals surface area contributed by atoms with Crippen molar-refractivity contribution in [1.82, 2.24) is 10.3 Å². The van der Waals surface area contributed by atoms with Crippen LogP contribution in [0.3, 0.4) is 0 Å². The Balaban J connectivity index is 2.16. The second-order valence-electron chi connectivity index (χ2n) is 4.09. The average Bonchev–Trinajstić information content (AvgIpc) is 2.82. The second-order valence-corrected chi connectivity index (χ2v) is 4.09. The number of hydrogen-bond acceptors (Lipinski definition) is 2. The molecule has 15 heavy (non-hydrogen) atoms. The highest BCUT2D eigenvalue weighted by atomic mass is 14.9. The Kier molecular flexibility index (Phi) is 2.14. The maximum absolute atomic E-state index is 4.16. The number of aromatic nitrogens is 1. The summed E-state index contributed by atoms with van der Waals surface area (Å²) in [6, 6.07) is 9.13. The molecule has 1 aromatic carbocycles.